The molecule has 0 amide bonds. The van der Waals surface area contributed by atoms with E-state index >= 15 is 0 Å². The van der Waals surface area contributed by atoms with Crippen LogP contribution in [0.4, 0.5) is 0 Å². The molecular weight excluding hydrogens is 220 g/mol. The van der Waals surface area contributed by atoms with Crippen LogP contribution in [0.1, 0.15) is 26.2 Å². The van der Waals surface area contributed by atoms with E-state index in [-0.39, 0.29) is 6.10 Å². The number of hydrogen-bond acceptors (Lipinski definition) is 4. The Kier molecular flexibility index (Phi) is 4.18. The highest BCUT2D eigenvalue weighted by molar-refractivity contribution is 5.81. The Morgan fingerprint density at radius 3 is 3.06 bits per heavy atom. The Balaban J connectivity index is 1.57. The largest absolute Gasteiger partial charge is 0.460 e. The van der Waals surface area contributed by atoms with Crippen molar-refractivity contribution in [2.24, 2.45) is 5.92 Å². The van der Waals surface area contributed by atoms with Gasteiger partial charge in [-0.25, -0.2) is 4.79 Å². The lowest BCUT2D eigenvalue weighted by atomic mass is 9.90. The third kappa shape index (κ3) is 3.82. The first-order valence-electron chi connectivity index (χ1n) is 6.25. The molecule has 0 aromatic rings. The van der Waals surface area contributed by atoms with Gasteiger partial charge in [0, 0.05) is 6.08 Å². The fraction of sp³-hybridized carbons (Fsp3) is 0.769. The van der Waals surface area contributed by atoms with Gasteiger partial charge < -0.3 is 14.2 Å². The van der Waals surface area contributed by atoms with Crippen molar-refractivity contribution in [3.05, 3.63) is 12.7 Å². The van der Waals surface area contributed by atoms with Crippen LogP contribution in [0.2, 0.25) is 0 Å². The molecule has 1 saturated carbocycles. The van der Waals surface area contributed by atoms with E-state index in [0.29, 0.717) is 24.7 Å². The SMILES string of the molecule is C=CC(=O)OCC(C)OCC1CCC2OC2C1. The van der Waals surface area contributed by atoms with Crippen molar-refractivity contribution >= 4 is 5.97 Å². The van der Waals surface area contributed by atoms with Crippen LogP contribution in [-0.4, -0.2) is 37.5 Å². The average Bonchev–Trinajstić information content (AvgIpc) is 3.11. The number of carbonyl (C=O) groups is 1. The minimum absolute atomic E-state index is 0.0586. The maximum Gasteiger partial charge on any atom is 0.330 e. The fourth-order valence-electron chi connectivity index (χ4n) is 2.25. The standard InChI is InChI=1S/C13H20O4/c1-3-13(14)16-7-9(2)15-8-10-4-5-11-12(6-10)17-11/h3,9-12H,1,4-8H2,2H3. The summed E-state index contributed by atoms with van der Waals surface area (Å²) < 4.78 is 16.1. The summed E-state index contributed by atoms with van der Waals surface area (Å²) in [6, 6.07) is 0. The topological polar surface area (TPSA) is 48.1 Å². The van der Waals surface area contributed by atoms with Gasteiger partial charge in [-0.3, -0.25) is 0 Å². The van der Waals surface area contributed by atoms with Crippen LogP contribution in [0.5, 0.6) is 0 Å². The summed E-state index contributed by atoms with van der Waals surface area (Å²) in [7, 11) is 0. The first-order chi connectivity index (χ1) is 8.19. The molecule has 1 aliphatic heterocycles. The Morgan fingerprint density at radius 2 is 2.35 bits per heavy atom. The van der Waals surface area contributed by atoms with Crippen LogP contribution < -0.4 is 0 Å². The summed E-state index contributed by atoms with van der Waals surface area (Å²) in [5, 5.41) is 0. The lowest BCUT2D eigenvalue weighted by Gasteiger charge is -2.21. The molecule has 2 fully saturated rings. The summed E-state index contributed by atoms with van der Waals surface area (Å²) in [5.41, 5.74) is 0. The first kappa shape index (κ1) is 12.6. The van der Waals surface area contributed by atoms with Gasteiger partial charge in [-0.1, -0.05) is 6.58 Å². The second kappa shape index (κ2) is 5.65. The van der Waals surface area contributed by atoms with Crippen molar-refractivity contribution in [2.45, 2.75) is 44.5 Å². The van der Waals surface area contributed by atoms with Gasteiger partial charge in [0.25, 0.3) is 0 Å². The number of esters is 1. The van der Waals surface area contributed by atoms with Crippen LogP contribution in [0.15, 0.2) is 12.7 Å². The Hall–Kier alpha value is -0.870. The highest BCUT2D eigenvalue weighted by Gasteiger charge is 2.43. The minimum Gasteiger partial charge on any atom is -0.460 e. The van der Waals surface area contributed by atoms with Gasteiger partial charge in [0.2, 0.25) is 0 Å². The molecule has 0 radical (unpaired) electrons. The Morgan fingerprint density at radius 1 is 1.53 bits per heavy atom. The molecule has 17 heavy (non-hydrogen) atoms. The molecule has 0 N–H and O–H groups in total. The van der Waals surface area contributed by atoms with Crippen molar-refractivity contribution in [3.63, 3.8) is 0 Å². The highest BCUT2D eigenvalue weighted by Crippen LogP contribution is 2.39. The molecule has 0 spiro atoms. The van der Waals surface area contributed by atoms with Crippen molar-refractivity contribution in [1.82, 2.24) is 0 Å². The number of ether oxygens (including phenoxy) is 3. The number of hydrogen-bond donors (Lipinski definition) is 0. The second-order valence-electron chi connectivity index (χ2n) is 4.87. The lowest BCUT2D eigenvalue weighted by Crippen LogP contribution is -2.24. The van der Waals surface area contributed by atoms with Gasteiger partial charge in [-0.15, -0.1) is 0 Å². The zero-order valence-corrected chi connectivity index (χ0v) is 10.3. The predicted molar refractivity (Wildman–Crippen MR) is 62.6 cm³/mol. The number of epoxide rings is 1. The third-order valence-electron chi connectivity index (χ3n) is 3.36. The Labute approximate surface area is 102 Å². The molecule has 96 valence electrons. The lowest BCUT2D eigenvalue weighted by molar-refractivity contribution is -0.141. The molecule has 1 aliphatic carbocycles. The van der Waals surface area contributed by atoms with Crippen molar-refractivity contribution in [3.8, 4) is 0 Å². The monoisotopic (exact) mass is 240 g/mol. The van der Waals surface area contributed by atoms with E-state index < -0.39 is 5.97 Å². The van der Waals surface area contributed by atoms with Crippen molar-refractivity contribution in [1.29, 1.82) is 0 Å². The number of rotatable bonds is 6. The molecule has 1 heterocycles. The van der Waals surface area contributed by atoms with Gasteiger partial charge in [0.1, 0.15) is 6.61 Å². The highest BCUT2D eigenvalue weighted by atomic mass is 16.6. The Bertz CT molecular complexity index is 289. The quantitative estimate of drug-likeness (QED) is 0.403. The van der Waals surface area contributed by atoms with Gasteiger partial charge in [-0.05, 0) is 32.1 Å². The van der Waals surface area contributed by atoms with E-state index in [1.807, 2.05) is 6.92 Å². The molecule has 0 bridgehead atoms. The maximum absolute atomic E-state index is 10.9. The molecule has 4 atom stereocenters. The van der Waals surface area contributed by atoms with Gasteiger partial charge in [0.15, 0.2) is 0 Å². The van der Waals surface area contributed by atoms with Gasteiger partial charge in [0.05, 0.1) is 24.9 Å². The molecule has 2 aliphatic rings. The van der Waals surface area contributed by atoms with Crippen molar-refractivity contribution in [2.75, 3.05) is 13.2 Å². The van der Waals surface area contributed by atoms with E-state index in [0.717, 1.165) is 13.0 Å². The maximum atomic E-state index is 10.9. The zero-order chi connectivity index (χ0) is 12.3. The van der Waals surface area contributed by atoms with Crippen LogP contribution in [0.3, 0.4) is 0 Å². The number of fused-ring (bicyclic) bond motifs is 1. The molecular formula is C13H20O4. The summed E-state index contributed by atoms with van der Waals surface area (Å²) in [6.07, 6.45) is 5.60. The van der Waals surface area contributed by atoms with E-state index in [1.54, 1.807) is 0 Å². The van der Waals surface area contributed by atoms with Gasteiger partial charge in [-0.2, -0.15) is 0 Å². The average molecular weight is 240 g/mol. The molecule has 0 aromatic heterocycles. The first-order valence-corrected chi connectivity index (χ1v) is 6.25. The molecule has 4 heteroatoms. The van der Waals surface area contributed by atoms with E-state index in [2.05, 4.69) is 6.58 Å². The smallest absolute Gasteiger partial charge is 0.330 e. The van der Waals surface area contributed by atoms with E-state index in [1.165, 1.54) is 18.9 Å². The molecule has 4 nitrogen and oxygen atoms in total. The molecule has 0 aromatic carbocycles. The normalized spacial score (nSPS) is 32.4. The molecule has 4 unspecified atom stereocenters. The van der Waals surface area contributed by atoms with Crippen LogP contribution in [-0.2, 0) is 19.0 Å². The van der Waals surface area contributed by atoms with Gasteiger partial charge >= 0.3 is 5.97 Å². The number of carbonyl (C=O) groups excluding carboxylic acids is 1. The third-order valence-corrected chi connectivity index (χ3v) is 3.36. The fourth-order valence-corrected chi connectivity index (χ4v) is 2.25. The summed E-state index contributed by atoms with van der Waals surface area (Å²) in [5.74, 6) is 0.198. The van der Waals surface area contributed by atoms with Crippen LogP contribution >= 0.6 is 0 Å². The summed E-state index contributed by atoms with van der Waals surface area (Å²) in [4.78, 5) is 10.9. The van der Waals surface area contributed by atoms with Crippen LogP contribution in [0.25, 0.3) is 0 Å². The summed E-state index contributed by atoms with van der Waals surface area (Å²) in [6.45, 7) is 6.28. The minimum atomic E-state index is -0.396. The molecule has 2 rings (SSSR count). The predicted octanol–water partition coefficient (Wildman–Crippen LogP) is 1.69. The summed E-state index contributed by atoms with van der Waals surface area (Å²) >= 11 is 0. The van der Waals surface area contributed by atoms with E-state index in [9.17, 15) is 4.79 Å². The van der Waals surface area contributed by atoms with Crippen LogP contribution in [0, 0.1) is 5.92 Å². The van der Waals surface area contributed by atoms with E-state index in [4.69, 9.17) is 14.2 Å². The van der Waals surface area contributed by atoms with Crippen molar-refractivity contribution < 1.29 is 19.0 Å². The molecule has 1 saturated heterocycles. The zero-order valence-electron chi connectivity index (χ0n) is 10.3. The second-order valence-corrected chi connectivity index (χ2v) is 4.87.